The fourth-order valence-corrected chi connectivity index (χ4v) is 3.33. The van der Waals surface area contributed by atoms with Crippen LogP contribution in [0.4, 0.5) is 0 Å². The molecule has 94 valence electrons. The highest BCUT2D eigenvalue weighted by atomic mass is 14.6. The summed E-state index contributed by atoms with van der Waals surface area (Å²) in [7, 11) is 0. The molecule has 0 saturated carbocycles. The molecular weight excluding hydrogens is 206 g/mol. The Hall–Kier alpha value is -0.820. The van der Waals surface area contributed by atoms with E-state index in [-0.39, 0.29) is 0 Å². The molecular formula is C16H25N. The SMILES string of the molecule is CCC(CC)CC1(CN)Cc2ccccc2C1. The lowest BCUT2D eigenvalue weighted by molar-refractivity contribution is 0.226. The van der Waals surface area contributed by atoms with Crippen molar-refractivity contribution in [3.05, 3.63) is 35.4 Å². The van der Waals surface area contributed by atoms with E-state index in [9.17, 15) is 0 Å². The third-order valence-electron chi connectivity index (χ3n) is 4.56. The monoisotopic (exact) mass is 231 g/mol. The smallest absolute Gasteiger partial charge is 0.00140 e. The zero-order valence-corrected chi connectivity index (χ0v) is 11.2. The molecule has 1 nitrogen and oxygen atoms in total. The van der Waals surface area contributed by atoms with Gasteiger partial charge >= 0.3 is 0 Å². The molecule has 17 heavy (non-hydrogen) atoms. The van der Waals surface area contributed by atoms with E-state index in [4.69, 9.17) is 5.73 Å². The van der Waals surface area contributed by atoms with Crippen LogP contribution in [0.25, 0.3) is 0 Å². The second-order valence-electron chi connectivity index (χ2n) is 5.71. The van der Waals surface area contributed by atoms with Gasteiger partial charge in [-0.15, -0.1) is 0 Å². The molecule has 0 aliphatic heterocycles. The molecule has 0 aromatic heterocycles. The number of fused-ring (bicyclic) bond motifs is 1. The molecule has 0 spiro atoms. The van der Waals surface area contributed by atoms with Gasteiger partial charge in [0.1, 0.15) is 0 Å². The number of benzene rings is 1. The lowest BCUT2D eigenvalue weighted by Gasteiger charge is -2.31. The number of hydrogen-bond acceptors (Lipinski definition) is 1. The lowest BCUT2D eigenvalue weighted by atomic mass is 9.75. The first kappa shape index (κ1) is 12.6. The van der Waals surface area contributed by atoms with Crippen LogP contribution in [0, 0.1) is 11.3 Å². The van der Waals surface area contributed by atoms with Crippen LogP contribution in [-0.4, -0.2) is 6.54 Å². The third kappa shape index (κ3) is 2.55. The van der Waals surface area contributed by atoms with Crippen LogP contribution in [-0.2, 0) is 12.8 Å². The molecule has 1 aliphatic carbocycles. The summed E-state index contributed by atoms with van der Waals surface area (Å²) < 4.78 is 0. The van der Waals surface area contributed by atoms with E-state index in [1.165, 1.54) is 43.2 Å². The Labute approximate surface area is 105 Å². The van der Waals surface area contributed by atoms with Gasteiger partial charge in [0.2, 0.25) is 0 Å². The van der Waals surface area contributed by atoms with E-state index in [2.05, 4.69) is 38.1 Å². The Morgan fingerprint density at radius 3 is 2.06 bits per heavy atom. The lowest BCUT2D eigenvalue weighted by Crippen LogP contribution is -2.33. The summed E-state index contributed by atoms with van der Waals surface area (Å²) in [5, 5.41) is 0. The Bertz CT molecular complexity index is 341. The van der Waals surface area contributed by atoms with Crippen LogP contribution >= 0.6 is 0 Å². The molecule has 0 atom stereocenters. The first-order chi connectivity index (χ1) is 8.23. The van der Waals surface area contributed by atoms with Crippen molar-refractivity contribution < 1.29 is 0 Å². The molecule has 0 saturated heterocycles. The van der Waals surface area contributed by atoms with Crippen molar-refractivity contribution in [2.24, 2.45) is 17.1 Å². The van der Waals surface area contributed by atoms with Crippen LogP contribution in [0.3, 0.4) is 0 Å². The maximum atomic E-state index is 6.11. The maximum absolute atomic E-state index is 6.11. The normalized spacial score (nSPS) is 17.4. The summed E-state index contributed by atoms with van der Waals surface area (Å²) in [4.78, 5) is 0. The molecule has 1 aromatic rings. The van der Waals surface area contributed by atoms with Gasteiger partial charge in [0, 0.05) is 0 Å². The van der Waals surface area contributed by atoms with Crippen molar-refractivity contribution in [1.82, 2.24) is 0 Å². The highest BCUT2D eigenvalue weighted by molar-refractivity contribution is 5.34. The van der Waals surface area contributed by atoms with Crippen LogP contribution in [0.15, 0.2) is 24.3 Å². The fraction of sp³-hybridized carbons (Fsp3) is 0.625. The van der Waals surface area contributed by atoms with Crippen LogP contribution in [0.2, 0.25) is 0 Å². The van der Waals surface area contributed by atoms with E-state index in [0.717, 1.165) is 12.5 Å². The van der Waals surface area contributed by atoms with Crippen LogP contribution in [0.1, 0.15) is 44.2 Å². The molecule has 0 bridgehead atoms. The third-order valence-corrected chi connectivity index (χ3v) is 4.56. The van der Waals surface area contributed by atoms with Gasteiger partial charge in [0.15, 0.2) is 0 Å². The largest absolute Gasteiger partial charge is 0.330 e. The van der Waals surface area contributed by atoms with Gasteiger partial charge in [-0.25, -0.2) is 0 Å². The molecule has 1 heteroatoms. The second kappa shape index (κ2) is 5.22. The first-order valence-corrected chi connectivity index (χ1v) is 7.00. The average Bonchev–Trinajstić information content (AvgIpc) is 2.74. The maximum Gasteiger partial charge on any atom is -0.00140 e. The second-order valence-corrected chi connectivity index (χ2v) is 5.71. The molecule has 0 radical (unpaired) electrons. The van der Waals surface area contributed by atoms with Gasteiger partial charge in [0.25, 0.3) is 0 Å². The van der Waals surface area contributed by atoms with Crippen molar-refractivity contribution in [2.75, 3.05) is 6.54 Å². The van der Waals surface area contributed by atoms with Crippen LogP contribution < -0.4 is 5.73 Å². The van der Waals surface area contributed by atoms with E-state index in [1.807, 2.05) is 0 Å². The Morgan fingerprint density at radius 2 is 1.65 bits per heavy atom. The Balaban J connectivity index is 2.14. The van der Waals surface area contributed by atoms with Crippen molar-refractivity contribution >= 4 is 0 Å². The van der Waals surface area contributed by atoms with Crippen molar-refractivity contribution in [3.8, 4) is 0 Å². The molecule has 0 amide bonds. The van der Waals surface area contributed by atoms with Crippen molar-refractivity contribution in [1.29, 1.82) is 0 Å². The fourth-order valence-electron chi connectivity index (χ4n) is 3.33. The molecule has 0 heterocycles. The van der Waals surface area contributed by atoms with Gasteiger partial charge in [-0.3, -0.25) is 0 Å². The predicted molar refractivity (Wildman–Crippen MR) is 74.0 cm³/mol. The standard InChI is InChI=1S/C16H25N/c1-3-13(4-2)9-16(12-17)10-14-7-5-6-8-15(14)11-16/h5-8,13H,3-4,9-12,17H2,1-2H3. The minimum Gasteiger partial charge on any atom is -0.330 e. The summed E-state index contributed by atoms with van der Waals surface area (Å²) in [6.07, 6.45) is 6.25. The minimum absolute atomic E-state index is 0.348. The summed E-state index contributed by atoms with van der Waals surface area (Å²) in [5.41, 5.74) is 9.52. The number of nitrogens with two attached hydrogens (primary N) is 1. The first-order valence-electron chi connectivity index (χ1n) is 7.00. The molecule has 2 rings (SSSR count). The van der Waals surface area contributed by atoms with Gasteiger partial charge in [-0.05, 0) is 48.3 Å². The van der Waals surface area contributed by atoms with E-state index < -0.39 is 0 Å². The number of rotatable bonds is 5. The molecule has 1 aliphatic rings. The highest BCUT2D eigenvalue weighted by Gasteiger charge is 2.36. The summed E-state index contributed by atoms with van der Waals surface area (Å²) >= 11 is 0. The number of hydrogen-bond donors (Lipinski definition) is 1. The van der Waals surface area contributed by atoms with E-state index >= 15 is 0 Å². The Morgan fingerprint density at radius 1 is 1.12 bits per heavy atom. The zero-order chi connectivity index (χ0) is 12.3. The van der Waals surface area contributed by atoms with E-state index in [0.29, 0.717) is 5.41 Å². The van der Waals surface area contributed by atoms with Crippen molar-refractivity contribution in [2.45, 2.75) is 46.0 Å². The van der Waals surface area contributed by atoms with Gasteiger partial charge in [-0.1, -0.05) is 51.0 Å². The molecule has 0 unspecified atom stereocenters. The highest BCUT2D eigenvalue weighted by Crippen LogP contribution is 2.41. The molecule has 1 aromatic carbocycles. The minimum atomic E-state index is 0.348. The summed E-state index contributed by atoms with van der Waals surface area (Å²) in [5.74, 6) is 0.841. The predicted octanol–water partition coefficient (Wildman–Crippen LogP) is 3.56. The van der Waals surface area contributed by atoms with Gasteiger partial charge in [0.05, 0.1) is 0 Å². The quantitative estimate of drug-likeness (QED) is 0.824. The van der Waals surface area contributed by atoms with Gasteiger partial charge in [-0.2, -0.15) is 0 Å². The van der Waals surface area contributed by atoms with Gasteiger partial charge < -0.3 is 5.73 Å². The summed E-state index contributed by atoms with van der Waals surface area (Å²) in [6, 6.07) is 8.87. The summed E-state index contributed by atoms with van der Waals surface area (Å²) in [6.45, 7) is 5.44. The topological polar surface area (TPSA) is 26.0 Å². The van der Waals surface area contributed by atoms with Crippen LogP contribution in [0.5, 0.6) is 0 Å². The van der Waals surface area contributed by atoms with Crippen molar-refractivity contribution in [3.63, 3.8) is 0 Å². The van der Waals surface area contributed by atoms with E-state index in [1.54, 1.807) is 0 Å². The molecule has 2 N–H and O–H groups in total. The Kier molecular flexibility index (Phi) is 3.88. The molecule has 0 fully saturated rings. The average molecular weight is 231 g/mol. The zero-order valence-electron chi connectivity index (χ0n) is 11.2.